The molecule has 0 saturated carbocycles. The smallest absolute Gasteiger partial charge is 0.0991 e. The molecule has 0 unspecified atom stereocenters. The van der Waals surface area contributed by atoms with Crippen LogP contribution in [0.2, 0.25) is 0 Å². The number of benzene rings is 2. The van der Waals surface area contributed by atoms with Gasteiger partial charge in [0, 0.05) is 30.2 Å². The Bertz CT molecular complexity index is 776. The first-order valence-electron chi connectivity index (χ1n) is 6.57. The summed E-state index contributed by atoms with van der Waals surface area (Å²) in [5.74, 6) is 0. The van der Waals surface area contributed by atoms with Gasteiger partial charge in [-0.05, 0) is 35.4 Å². The Morgan fingerprint density at radius 1 is 1.05 bits per heavy atom. The maximum atomic E-state index is 8.82. The SMILES string of the molecule is N#Cc1ccc(Cn2ccc3c(CN)cccc32)cc1. The normalized spacial score (nSPS) is 10.6. The van der Waals surface area contributed by atoms with Gasteiger partial charge in [0.05, 0.1) is 11.6 Å². The van der Waals surface area contributed by atoms with Crippen LogP contribution in [-0.4, -0.2) is 4.57 Å². The number of nitrogens with zero attached hydrogens (tertiary/aromatic N) is 2. The second-order valence-electron chi connectivity index (χ2n) is 4.81. The summed E-state index contributed by atoms with van der Waals surface area (Å²) in [6.07, 6.45) is 2.09. The van der Waals surface area contributed by atoms with Crippen LogP contribution in [0.25, 0.3) is 10.9 Å². The minimum Gasteiger partial charge on any atom is -0.343 e. The first-order chi connectivity index (χ1) is 9.81. The third-order valence-electron chi connectivity index (χ3n) is 3.56. The number of hydrogen-bond acceptors (Lipinski definition) is 2. The maximum absolute atomic E-state index is 8.82. The van der Waals surface area contributed by atoms with Gasteiger partial charge in [-0.3, -0.25) is 0 Å². The monoisotopic (exact) mass is 261 g/mol. The highest BCUT2D eigenvalue weighted by Gasteiger charge is 2.05. The molecule has 0 aliphatic heterocycles. The average molecular weight is 261 g/mol. The molecule has 0 saturated heterocycles. The molecule has 98 valence electrons. The Hall–Kier alpha value is -2.57. The van der Waals surface area contributed by atoms with Gasteiger partial charge < -0.3 is 10.3 Å². The van der Waals surface area contributed by atoms with Crippen LogP contribution in [0.15, 0.2) is 54.7 Å². The number of nitrogens with two attached hydrogens (primary N) is 1. The molecule has 3 nitrogen and oxygen atoms in total. The standard InChI is InChI=1S/C17H15N3/c18-10-13-4-6-14(7-5-13)12-20-9-8-16-15(11-19)2-1-3-17(16)20/h1-9H,11-12,19H2. The lowest BCUT2D eigenvalue weighted by Gasteiger charge is -2.07. The molecule has 0 aliphatic rings. The molecule has 0 bridgehead atoms. The summed E-state index contributed by atoms with van der Waals surface area (Å²) in [6, 6.07) is 18.2. The molecule has 1 aromatic heterocycles. The van der Waals surface area contributed by atoms with Crippen LogP contribution in [0, 0.1) is 11.3 Å². The predicted octanol–water partition coefficient (Wildman–Crippen LogP) is 3.02. The maximum Gasteiger partial charge on any atom is 0.0991 e. The highest BCUT2D eigenvalue weighted by Crippen LogP contribution is 2.21. The van der Waals surface area contributed by atoms with Crippen LogP contribution in [0.4, 0.5) is 0 Å². The Labute approximate surface area is 117 Å². The van der Waals surface area contributed by atoms with Gasteiger partial charge in [0.25, 0.3) is 0 Å². The lowest BCUT2D eigenvalue weighted by Crippen LogP contribution is -1.99. The minimum absolute atomic E-state index is 0.554. The number of nitriles is 1. The van der Waals surface area contributed by atoms with E-state index in [-0.39, 0.29) is 0 Å². The first-order valence-corrected chi connectivity index (χ1v) is 6.57. The van der Waals surface area contributed by atoms with Gasteiger partial charge in [0.2, 0.25) is 0 Å². The van der Waals surface area contributed by atoms with Crippen molar-refractivity contribution in [1.29, 1.82) is 5.26 Å². The molecule has 0 amide bonds. The lowest BCUT2D eigenvalue weighted by molar-refractivity contribution is 0.836. The van der Waals surface area contributed by atoms with Gasteiger partial charge in [0.15, 0.2) is 0 Å². The molecular weight excluding hydrogens is 246 g/mol. The van der Waals surface area contributed by atoms with Crippen molar-refractivity contribution in [1.82, 2.24) is 4.57 Å². The van der Waals surface area contributed by atoms with Gasteiger partial charge in [-0.2, -0.15) is 5.26 Å². The topological polar surface area (TPSA) is 54.7 Å². The Morgan fingerprint density at radius 2 is 1.85 bits per heavy atom. The Kier molecular flexibility index (Phi) is 3.24. The number of fused-ring (bicyclic) bond motifs is 1. The van der Waals surface area contributed by atoms with E-state index in [4.69, 9.17) is 11.0 Å². The van der Waals surface area contributed by atoms with E-state index in [1.165, 1.54) is 22.0 Å². The van der Waals surface area contributed by atoms with Gasteiger partial charge >= 0.3 is 0 Å². The molecule has 0 radical (unpaired) electrons. The van der Waals surface area contributed by atoms with Crippen molar-refractivity contribution >= 4 is 10.9 Å². The molecule has 0 fully saturated rings. The molecule has 1 heterocycles. The van der Waals surface area contributed by atoms with Crippen LogP contribution in [0.1, 0.15) is 16.7 Å². The highest BCUT2D eigenvalue weighted by molar-refractivity contribution is 5.83. The van der Waals surface area contributed by atoms with Crippen LogP contribution < -0.4 is 5.73 Å². The molecular formula is C17H15N3. The summed E-state index contributed by atoms with van der Waals surface area (Å²) in [4.78, 5) is 0. The molecule has 2 N–H and O–H groups in total. The fourth-order valence-corrected chi connectivity index (χ4v) is 2.48. The van der Waals surface area contributed by atoms with Crippen LogP contribution in [-0.2, 0) is 13.1 Å². The highest BCUT2D eigenvalue weighted by atomic mass is 14.9. The average Bonchev–Trinajstić information content (AvgIpc) is 2.91. The van der Waals surface area contributed by atoms with Gasteiger partial charge in [-0.25, -0.2) is 0 Å². The molecule has 20 heavy (non-hydrogen) atoms. The van der Waals surface area contributed by atoms with E-state index in [1.54, 1.807) is 0 Å². The second-order valence-corrected chi connectivity index (χ2v) is 4.81. The fourth-order valence-electron chi connectivity index (χ4n) is 2.48. The van der Waals surface area contributed by atoms with Crippen molar-refractivity contribution in [2.75, 3.05) is 0 Å². The van der Waals surface area contributed by atoms with Crippen molar-refractivity contribution in [3.05, 3.63) is 71.4 Å². The second kappa shape index (κ2) is 5.20. The molecule has 0 spiro atoms. The molecule has 3 aromatic rings. The molecule has 0 atom stereocenters. The zero-order valence-electron chi connectivity index (χ0n) is 11.1. The summed E-state index contributed by atoms with van der Waals surface area (Å²) < 4.78 is 2.20. The lowest BCUT2D eigenvalue weighted by atomic mass is 10.1. The largest absolute Gasteiger partial charge is 0.343 e. The van der Waals surface area contributed by atoms with Crippen molar-refractivity contribution in [2.24, 2.45) is 5.73 Å². The predicted molar refractivity (Wildman–Crippen MR) is 80.1 cm³/mol. The minimum atomic E-state index is 0.554. The quantitative estimate of drug-likeness (QED) is 0.788. The van der Waals surface area contributed by atoms with Crippen molar-refractivity contribution in [3.8, 4) is 6.07 Å². The van der Waals surface area contributed by atoms with Crippen LogP contribution in [0.5, 0.6) is 0 Å². The molecule has 3 heteroatoms. The van der Waals surface area contributed by atoms with E-state index in [1.807, 2.05) is 30.3 Å². The van der Waals surface area contributed by atoms with Crippen molar-refractivity contribution < 1.29 is 0 Å². The van der Waals surface area contributed by atoms with Gasteiger partial charge in [0.1, 0.15) is 0 Å². The summed E-state index contributed by atoms with van der Waals surface area (Å²) in [6.45, 7) is 1.35. The summed E-state index contributed by atoms with van der Waals surface area (Å²) in [5.41, 5.74) is 10.0. The van der Waals surface area contributed by atoms with E-state index >= 15 is 0 Å². The third-order valence-corrected chi connectivity index (χ3v) is 3.56. The van der Waals surface area contributed by atoms with E-state index < -0.39 is 0 Å². The Balaban J connectivity index is 1.96. The summed E-state index contributed by atoms with van der Waals surface area (Å²) in [7, 11) is 0. The van der Waals surface area contributed by atoms with Crippen molar-refractivity contribution in [2.45, 2.75) is 13.1 Å². The van der Waals surface area contributed by atoms with E-state index in [0.29, 0.717) is 12.1 Å². The van der Waals surface area contributed by atoms with Crippen LogP contribution >= 0.6 is 0 Å². The van der Waals surface area contributed by atoms with Gasteiger partial charge in [-0.1, -0.05) is 24.3 Å². The number of hydrogen-bond donors (Lipinski definition) is 1. The first kappa shape index (κ1) is 12.5. The molecule has 3 rings (SSSR count). The summed E-state index contributed by atoms with van der Waals surface area (Å²) >= 11 is 0. The van der Waals surface area contributed by atoms with Crippen molar-refractivity contribution in [3.63, 3.8) is 0 Å². The Morgan fingerprint density at radius 3 is 2.55 bits per heavy atom. The fraction of sp³-hybridized carbons (Fsp3) is 0.118. The number of rotatable bonds is 3. The van der Waals surface area contributed by atoms with E-state index in [0.717, 1.165) is 6.54 Å². The summed E-state index contributed by atoms with van der Waals surface area (Å²) in [5, 5.41) is 10.0. The zero-order valence-corrected chi connectivity index (χ0v) is 11.1. The molecule has 2 aromatic carbocycles. The molecule has 0 aliphatic carbocycles. The van der Waals surface area contributed by atoms with Crippen LogP contribution in [0.3, 0.4) is 0 Å². The van der Waals surface area contributed by atoms with E-state index in [2.05, 4.69) is 35.0 Å². The number of aromatic nitrogens is 1. The van der Waals surface area contributed by atoms with Gasteiger partial charge in [-0.15, -0.1) is 0 Å². The van der Waals surface area contributed by atoms with E-state index in [9.17, 15) is 0 Å². The zero-order chi connectivity index (χ0) is 13.9. The third kappa shape index (κ3) is 2.18.